The lowest BCUT2D eigenvalue weighted by atomic mass is 9.97. The minimum atomic E-state index is 0.642. The van der Waals surface area contributed by atoms with E-state index in [1.807, 2.05) is 48.5 Å². The van der Waals surface area contributed by atoms with Crippen molar-refractivity contribution in [3.05, 3.63) is 97.0 Å². The number of rotatable bonds is 5. The van der Waals surface area contributed by atoms with Crippen molar-refractivity contribution >= 4 is 21.5 Å². The zero-order chi connectivity index (χ0) is 23.1. The quantitative estimate of drug-likeness (QED) is 0.319. The smallest absolute Gasteiger partial charge is 0.127 e. The Balaban J connectivity index is 1.35. The van der Waals surface area contributed by atoms with Gasteiger partial charge in [0.05, 0.1) is 26.0 Å². The Bertz CT molecular complexity index is 1650. The molecule has 0 saturated carbocycles. The molecule has 34 heavy (non-hydrogen) atoms. The Morgan fingerprint density at radius 1 is 0.824 bits per heavy atom. The van der Waals surface area contributed by atoms with E-state index in [4.69, 9.17) is 4.74 Å². The number of hydrogen-bond acceptors (Lipinski definition) is 4. The summed E-state index contributed by atoms with van der Waals surface area (Å²) in [4.78, 5) is 0. The average molecular weight is 446 g/mol. The molecule has 0 bridgehead atoms. The third kappa shape index (κ3) is 3.49. The van der Waals surface area contributed by atoms with Crippen molar-refractivity contribution < 1.29 is 4.74 Å². The second-order valence-corrected chi connectivity index (χ2v) is 8.42. The molecule has 0 radical (unpaired) electrons. The molecule has 0 atom stereocenters. The molecule has 166 valence electrons. The van der Waals surface area contributed by atoms with Gasteiger partial charge in [0.25, 0.3) is 0 Å². The number of fused-ring (bicyclic) bond motifs is 3. The Hall–Kier alpha value is -4.45. The molecule has 2 aromatic heterocycles. The monoisotopic (exact) mass is 445 g/mol. The molecule has 0 aliphatic heterocycles. The van der Waals surface area contributed by atoms with Gasteiger partial charge in [-0.25, -0.2) is 4.68 Å². The first-order valence-corrected chi connectivity index (χ1v) is 11.2. The van der Waals surface area contributed by atoms with Gasteiger partial charge in [-0.05, 0) is 45.3 Å². The topological polar surface area (TPSA) is 57.8 Å². The number of nitrogens with zero attached hydrogens (tertiary/aromatic N) is 5. The summed E-state index contributed by atoms with van der Waals surface area (Å²) in [6.45, 7) is 0.642. The summed E-state index contributed by atoms with van der Waals surface area (Å²) in [6, 6.07) is 25.4. The van der Waals surface area contributed by atoms with Crippen molar-refractivity contribution in [3.63, 3.8) is 0 Å². The average Bonchev–Trinajstić information content (AvgIpc) is 3.53. The van der Waals surface area contributed by atoms with Crippen LogP contribution in [0.15, 0.2) is 91.4 Å². The fraction of sp³-hybridized carbons (Fsp3) is 0.107. The Labute approximate surface area is 197 Å². The highest BCUT2D eigenvalue weighted by Crippen LogP contribution is 2.34. The normalized spacial score (nSPS) is 11.4. The van der Waals surface area contributed by atoms with E-state index in [0.717, 1.165) is 28.1 Å². The number of hydrogen-bond donors (Lipinski definition) is 0. The predicted octanol–water partition coefficient (Wildman–Crippen LogP) is 5.71. The molecule has 6 rings (SSSR count). The molecule has 2 heterocycles. The van der Waals surface area contributed by atoms with Gasteiger partial charge in [-0.1, -0.05) is 59.8 Å². The summed E-state index contributed by atoms with van der Waals surface area (Å²) in [5, 5.41) is 18.1. The third-order valence-corrected chi connectivity index (χ3v) is 6.24. The van der Waals surface area contributed by atoms with Crippen LogP contribution < -0.4 is 4.74 Å². The molecular formula is C28H23N5O. The zero-order valence-electron chi connectivity index (χ0n) is 19.0. The fourth-order valence-corrected chi connectivity index (χ4v) is 4.59. The maximum atomic E-state index is 5.67. The van der Waals surface area contributed by atoms with Gasteiger partial charge < -0.3 is 4.74 Å². The Kier molecular flexibility index (Phi) is 4.84. The molecule has 0 saturated heterocycles. The van der Waals surface area contributed by atoms with Gasteiger partial charge in [0.1, 0.15) is 11.4 Å². The molecular weight excluding hydrogens is 422 g/mol. The van der Waals surface area contributed by atoms with Crippen LogP contribution in [0.5, 0.6) is 5.75 Å². The predicted molar refractivity (Wildman–Crippen MR) is 135 cm³/mol. The van der Waals surface area contributed by atoms with Gasteiger partial charge in [0, 0.05) is 29.9 Å². The van der Waals surface area contributed by atoms with Crippen molar-refractivity contribution in [1.29, 1.82) is 0 Å². The highest BCUT2D eigenvalue weighted by molar-refractivity contribution is 6.08. The lowest BCUT2D eigenvalue weighted by Gasteiger charge is -2.10. The minimum Gasteiger partial charge on any atom is -0.496 e. The van der Waals surface area contributed by atoms with E-state index in [9.17, 15) is 0 Å². The number of aromatic nitrogens is 5. The van der Waals surface area contributed by atoms with Crippen molar-refractivity contribution in [2.45, 2.75) is 6.54 Å². The number of aryl methyl sites for hydroxylation is 1. The van der Waals surface area contributed by atoms with Gasteiger partial charge in [0.15, 0.2) is 0 Å². The van der Waals surface area contributed by atoms with E-state index >= 15 is 0 Å². The second kappa shape index (κ2) is 8.15. The van der Waals surface area contributed by atoms with E-state index < -0.39 is 0 Å². The molecule has 0 amide bonds. The summed E-state index contributed by atoms with van der Waals surface area (Å²) in [5.41, 5.74) is 4.99. The summed E-state index contributed by atoms with van der Waals surface area (Å²) in [5.74, 6) is 0.778. The number of methoxy groups -OCH3 is 1. The maximum Gasteiger partial charge on any atom is 0.127 e. The Morgan fingerprint density at radius 2 is 1.62 bits per heavy atom. The van der Waals surface area contributed by atoms with Gasteiger partial charge >= 0.3 is 0 Å². The first-order chi connectivity index (χ1) is 16.7. The zero-order valence-corrected chi connectivity index (χ0v) is 19.0. The van der Waals surface area contributed by atoms with E-state index in [2.05, 4.69) is 70.0 Å². The standard InChI is InChI=1S/C28H23N5O/c1-32-16-22(15-29-32)25-12-11-20(14-28(25)34-2)27-18-33(31-30-27)17-21-13-19-7-3-4-8-23(19)26-10-6-5-9-24(21)26/h3-16,18H,17H2,1-2H3. The molecule has 0 fully saturated rings. The van der Waals surface area contributed by atoms with Crippen LogP contribution in [0.2, 0.25) is 0 Å². The molecule has 6 aromatic rings. The van der Waals surface area contributed by atoms with Gasteiger partial charge in [-0.2, -0.15) is 5.10 Å². The lowest BCUT2D eigenvalue weighted by Crippen LogP contribution is -2.01. The van der Waals surface area contributed by atoms with Gasteiger partial charge in [-0.15, -0.1) is 5.10 Å². The van der Waals surface area contributed by atoms with E-state index in [1.54, 1.807) is 11.8 Å². The summed E-state index contributed by atoms with van der Waals surface area (Å²) < 4.78 is 9.35. The van der Waals surface area contributed by atoms with Crippen LogP contribution in [0.1, 0.15) is 5.56 Å². The molecule has 6 heteroatoms. The van der Waals surface area contributed by atoms with Gasteiger partial charge in [-0.3, -0.25) is 4.68 Å². The molecule has 0 unspecified atom stereocenters. The summed E-state index contributed by atoms with van der Waals surface area (Å²) in [6.07, 6.45) is 5.80. The van der Waals surface area contributed by atoms with Crippen molar-refractivity contribution in [2.75, 3.05) is 7.11 Å². The third-order valence-electron chi connectivity index (χ3n) is 6.24. The van der Waals surface area contributed by atoms with Crippen LogP contribution in [0.4, 0.5) is 0 Å². The van der Waals surface area contributed by atoms with E-state index in [1.165, 1.54) is 27.1 Å². The molecule has 0 aliphatic carbocycles. The molecule has 6 nitrogen and oxygen atoms in total. The van der Waals surface area contributed by atoms with Crippen molar-refractivity contribution in [3.8, 4) is 28.1 Å². The van der Waals surface area contributed by atoms with Crippen LogP contribution in [0.25, 0.3) is 43.9 Å². The Morgan fingerprint density at radius 3 is 2.41 bits per heavy atom. The van der Waals surface area contributed by atoms with Crippen LogP contribution >= 0.6 is 0 Å². The highest BCUT2D eigenvalue weighted by atomic mass is 16.5. The maximum absolute atomic E-state index is 5.67. The van der Waals surface area contributed by atoms with E-state index in [0.29, 0.717) is 6.54 Å². The van der Waals surface area contributed by atoms with E-state index in [-0.39, 0.29) is 0 Å². The number of benzene rings is 4. The van der Waals surface area contributed by atoms with Crippen LogP contribution in [-0.4, -0.2) is 31.9 Å². The second-order valence-electron chi connectivity index (χ2n) is 8.42. The van der Waals surface area contributed by atoms with Crippen LogP contribution in [0.3, 0.4) is 0 Å². The largest absolute Gasteiger partial charge is 0.496 e. The molecule has 4 aromatic carbocycles. The summed E-state index contributed by atoms with van der Waals surface area (Å²) >= 11 is 0. The molecule has 0 aliphatic rings. The lowest BCUT2D eigenvalue weighted by molar-refractivity contribution is 0.416. The number of ether oxygens (including phenoxy) is 1. The minimum absolute atomic E-state index is 0.642. The first kappa shape index (κ1) is 20.2. The van der Waals surface area contributed by atoms with Crippen molar-refractivity contribution in [1.82, 2.24) is 24.8 Å². The molecule has 0 spiro atoms. The van der Waals surface area contributed by atoms with Crippen LogP contribution in [0, 0.1) is 0 Å². The van der Waals surface area contributed by atoms with Crippen molar-refractivity contribution in [2.24, 2.45) is 7.05 Å². The van der Waals surface area contributed by atoms with Crippen LogP contribution in [-0.2, 0) is 13.6 Å². The first-order valence-electron chi connectivity index (χ1n) is 11.2. The highest BCUT2D eigenvalue weighted by Gasteiger charge is 2.13. The fourth-order valence-electron chi connectivity index (χ4n) is 4.59. The SMILES string of the molecule is COc1cc(-c2cn(Cc3cc4ccccc4c4ccccc34)nn2)ccc1-c1cnn(C)c1. The summed E-state index contributed by atoms with van der Waals surface area (Å²) in [7, 11) is 3.59. The van der Waals surface area contributed by atoms with Gasteiger partial charge in [0.2, 0.25) is 0 Å². The molecule has 0 N–H and O–H groups in total.